The molecule has 2 aromatic rings. The predicted octanol–water partition coefficient (Wildman–Crippen LogP) is -0.0129. The first kappa shape index (κ1) is 18.9. The number of nitrogens with zero attached hydrogens (tertiary/aromatic N) is 1. The van der Waals surface area contributed by atoms with Crippen molar-refractivity contribution in [2.24, 2.45) is 0 Å². The lowest BCUT2D eigenvalue weighted by Crippen LogP contribution is -3.00. The number of benzene rings is 2. The molecule has 0 aliphatic rings. The van der Waals surface area contributed by atoms with Crippen LogP contribution in [0.1, 0.15) is 22.8 Å². The molecule has 0 radical (unpaired) electrons. The van der Waals surface area contributed by atoms with Crippen LogP contribution in [0.2, 0.25) is 0 Å². The van der Waals surface area contributed by atoms with Crippen LogP contribution in [0.25, 0.3) is 0 Å². The van der Waals surface area contributed by atoms with Crippen LogP contribution in [0, 0.1) is 0 Å². The van der Waals surface area contributed by atoms with Gasteiger partial charge in [0.1, 0.15) is 18.4 Å². The summed E-state index contributed by atoms with van der Waals surface area (Å²) in [5, 5.41) is 10.7. The molecule has 3 nitrogen and oxygen atoms in total. The van der Waals surface area contributed by atoms with Crippen molar-refractivity contribution in [3.63, 3.8) is 0 Å². The van der Waals surface area contributed by atoms with E-state index in [1.807, 2.05) is 42.5 Å². The van der Waals surface area contributed by atoms with Gasteiger partial charge in [0, 0.05) is 5.56 Å². The molecule has 0 bridgehead atoms. The summed E-state index contributed by atoms with van der Waals surface area (Å²) in [6, 6.07) is 15.7. The molecule has 0 saturated carbocycles. The van der Waals surface area contributed by atoms with Crippen LogP contribution in [0.3, 0.4) is 0 Å². The third-order valence-electron chi connectivity index (χ3n) is 3.43. The Hall–Kier alpha value is -1.11. The maximum atomic E-state index is 10.7. The van der Waals surface area contributed by atoms with Crippen molar-refractivity contribution in [2.45, 2.75) is 12.6 Å². The molecule has 0 fully saturated rings. The number of halogens is 1. The average molecular weight is 413 g/mol. The molecule has 0 heterocycles. The van der Waals surface area contributed by atoms with E-state index in [1.54, 1.807) is 7.11 Å². The monoisotopic (exact) mass is 413 g/mol. The van der Waals surface area contributed by atoms with Crippen molar-refractivity contribution in [1.29, 1.82) is 0 Å². The number of aliphatic hydroxyl groups is 1. The first-order valence-electron chi connectivity index (χ1n) is 7.11. The van der Waals surface area contributed by atoms with Gasteiger partial charge >= 0.3 is 0 Å². The molecule has 0 aliphatic carbocycles. The molecule has 1 atom stereocenters. The van der Waals surface area contributed by atoms with Crippen molar-refractivity contribution in [2.75, 3.05) is 28.3 Å². The predicted molar refractivity (Wildman–Crippen MR) is 85.2 cm³/mol. The Bertz CT molecular complexity index is 591. The van der Waals surface area contributed by atoms with E-state index in [2.05, 4.69) is 27.2 Å². The molecule has 22 heavy (non-hydrogen) atoms. The van der Waals surface area contributed by atoms with Crippen LogP contribution in [0.5, 0.6) is 5.75 Å². The van der Waals surface area contributed by atoms with Gasteiger partial charge in [0.15, 0.2) is 0 Å². The summed E-state index contributed by atoms with van der Waals surface area (Å²) in [7, 11) is 8.09. The summed E-state index contributed by atoms with van der Waals surface area (Å²) < 4.78 is 5.99. The van der Waals surface area contributed by atoms with Crippen LogP contribution in [0.15, 0.2) is 48.5 Å². The first-order chi connectivity index (χ1) is 9.90. The molecule has 0 aliphatic heterocycles. The van der Waals surface area contributed by atoms with E-state index in [4.69, 9.17) is 4.74 Å². The lowest BCUT2D eigenvalue weighted by molar-refractivity contribution is -0.884. The van der Waals surface area contributed by atoms with Crippen molar-refractivity contribution in [3.05, 3.63) is 65.2 Å². The SMILES string of the molecule is COc1ccc(C(O)c2ccccc2C[N+](C)(C)C)cc1.[I-]. The van der Waals surface area contributed by atoms with E-state index < -0.39 is 6.10 Å². The summed E-state index contributed by atoms with van der Waals surface area (Å²) in [5.41, 5.74) is 3.02. The molecule has 1 unspecified atom stereocenters. The number of methoxy groups -OCH3 is 1. The Balaban J connectivity index is 0.00000242. The number of rotatable bonds is 5. The van der Waals surface area contributed by atoms with Gasteiger partial charge in [-0.1, -0.05) is 36.4 Å². The zero-order valence-corrected chi connectivity index (χ0v) is 15.7. The number of hydrogen-bond acceptors (Lipinski definition) is 2. The van der Waals surface area contributed by atoms with Gasteiger partial charge < -0.3 is 38.3 Å². The summed E-state index contributed by atoms with van der Waals surface area (Å²) in [4.78, 5) is 0. The second-order valence-corrected chi connectivity index (χ2v) is 6.32. The molecule has 2 rings (SSSR count). The van der Waals surface area contributed by atoms with E-state index >= 15 is 0 Å². The summed E-state index contributed by atoms with van der Waals surface area (Å²) in [5.74, 6) is 0.797. The van der Waals surface area contributed by atoms with Gasteiger partial charge in [-0.15, -0.1) is 0 Å². The Morgan fingerprint density at radius 1 is 1.00 bits per heavy atom. The molecule has 0 spiro atoms. The van der Waals surface area contributed by atoms with Crippen LogP contribution in [-0.2, 0) is 6.54 Å². The molecule has 0 saturated heterocycles. The Kier molecular flexibility index (Phi) is 6.84. The van der Waals surface area contributed by atoms with Gasteiger partial charge in [-0.05, 0) is 23.3 Å². The van der Waals surface area contributed by atoms with Crippen molar-refractivity contribution in [3.8, 4) is 5.75 Å². The number of hydrogen-bond donors (Lipinski definition) is 1. The van der Waals surface area contributed by atoms with Crippen LogP contribution < -0.4 is 28.7 Å². The van der Waals surface area contributed by atoms with Crippen molar-refractivity contribution in [1.82, 2.24) is 0 Å². The Morgan fingerprint density at radius 3 is 2.14 bits per heavy atom. The van der Waals surface area contributed by atoms with Gasteiger partial charge in [0.05, 0.1) is 28.3 Å². The van der Waals surface area contributed by atoms with Gasteiger partial charge in [-0.3, -0.25) is 0 Å². The molecule has 2 aromatic carbocycles. The lowest BCUT2D eigenvalue weighted by atomic mass is 9.96. The molecule has 0 amide bonds. The fourth-order valence-corrected chi connectivity index (χ4v) is 2.42. The first-order valence-corrected chi connectivity index (χ1v) is 7.11. The summed E-state index contributed by atoms with van der Waals surface area (Å²) in [6.45, 7) is 0.878. The third kappa shape index (κ3) is 4.97. The molecule has 0 aromatic heterocycles. The molecular weight excluding hydrogens is 389 g/mol. The minimum atomic E-state index is -0.612. The molecule has 1 N–H and O–H groups in total. The van der Waals surface area contributed by atoms with Crippen LogP contribution >= 0.6 is 0 Å². The summed E-state index contributed by atoms with van der Waals surface area (Å²) in [6.07, 6.45) is -0.612. The van der Waals surface area contributed by atoms with Gasteiger partial charge in [0.2, 0.25) is 0 Å². The molecule has 4 heteroatoms. The highest BCUT2D eigenvalue weighted by atomic mass is 127. The highest BCUT2D eigenvalue weighted by Gasteiger charge is 2.18. The highest BCUT2D eigenvalue weighted by Crippen LogP contribution is 2.27. The standard InChI is InChI=1S/C18H24NO2.HI/c1-19(2,3)13-15-7-5-6-8-17(15)18(20)14-9-11-16(21-4)12-10-14;/h5-12,18,20H,13H2,1-4H3;1H/q+1;/p-1. The van der Waals surface area contributed by atoms with Crippen molar-refractivity contribution >= 4 is 0 Å². The largest absolute Gasteiger partial charge is 1.00 e. The fourth-order valence-electron chi connectivity index (χ4n) is 2.42. The van der Waals surface area contributed by atoms with Gasteiger partial charge in [0.25, 0.3) is 0 Å². The third-order valence-corrected chi connectivity index (χ3v) is 3.43. The van der Waals surface area contributed by atoms with Crippen LogP contribution in [-0.4, -0.2) is 37.8 Å². The molecule has 120 valence electrons. The highest BCUT2D eigenvalue weighted by molar-refractivity contribution is 5.37. The average Bonchev–Trinajstić information content (AvgIpc) is 2.45. The normalized spacial score (nSPS) is 12.4. The Morgan fingerprint density at radius 2 is 1.59 bits per heavy atom. The van der Waals surface area contributed by atoms with E-state index in [1.165, 1.54) is 5.56 Å². The van der Waals surface area contributed by atoms with Crippen molar-refractivity contribution < 1.29 is 38.3 Å². The van der Waals surface area contributed by atoms with E-state index in [0.717, 1.165) is 27.9 Å². The number of ether oxygens (including phenoxy) is 1. The van der Waals surface area contributed by atoms with E-state index in [9.17, 15) is 5.11 Å². The maximum absolute atomic E-state index is 10.7. The second kappa shape index (κ2) is 7.94. The molecular formula is C18H24INO2. The van der Waals surface area contributed by atoms with E-state index in [-0.39, 0.29) is 24.0 Å². The maximum Gasteiger partial charge on any atom is 0.118 e. The minimum absolute atomic E-state index is 0. The fraction of sp³-hybridized carbons (Fsp3) is 0.333. The zero-order valence-electron chi connectivity index (χ0n) is 13.6. The Labute approximate surface area is 150 Å². The quantitative estimate of drug-likeness (QED) is 0.552. The van der Waals surface area contributed by atoms with E-state index in [0.29, 0.717) is 0 Å². The second-order valence-electron chi connectivity index (χ2n) is 6.32. The van der Waals surface area contributed by atoms with Crippen LogP contribution in [0.4, 0.5) is 0 Å². The van der Waals surface area contributed by atoms with Gasteiger partial charge in [-0.25, -0.2) is 0 Å². The minimum Gasteiger partial charge on any atom is -1.00 e. The smallest absolute Gasteiger partial charge is 0.118 e. The van der Waals surface area contributed by atoms with Gasteiger partial charge in [-0.2, -0.15) is 0 Å². The zero-order chi connectivity index (χ0) is 15.5. The topological polar surface area (TPSA) is 29.5 Å². The number of aliphatic hydroxyl groups excluding tert-OH is 1. The number of quaternary nitrogens is 1. The lowest BCUT2D eigenvalue weighted by Gasteiger charge is -2.26. The summed E-state index contributed by atoms with van der Waals surface area (Å²) >= 11 is 0.